The van der Waals surface area contributed by atoms with E-state index in [9.17, 15) is 29.1 Å². The van der Waals surface area contributed by atoms with Crippen molar-refractivity contribution in [2.75, 3.05) is 7.11 Å². The fraction of sp³-hybridized carbons (Fsp3) is 0.611. The summed E-state index contributed by atoms with van der Waals surface area (Å²) in [7, 11) is 1.22. The Morgan fingerprint density at radius 2 is 1.67 bits per heavy atom. The number of carbonyl (C=O) groups is 6. The first-order chi connectivity index (χ1) is 22.8. The van der Waals surface area contributed by atoms with E-state index in [2.05, 4.69) is 0 Å². The molecular weight excluding hydrogens is 640 g/mol. The Morgan fingerprint density at radius 3 is 2.22 bits per heavy atom. The number of fused-ring (bicyclic) bond motifs is 5. The van der Waals surface area contributed by atoms with Crippen LogP contribution < -0.4 is 0 Å². The lowest BCUT2D eigenvalue weighted by Gasteiger charge is -2.67. The summed E-state index contributed by atoms with van der Waals surface area (Å²) in [6.07, 6.45) is -1.46. The van der Waals surface area contributed by atoms with Crippen LogP contribution in [0.3, 0.4) is 0 Å². The van der Waals surface area contributed by atoms with Crippen molar-refractivity contribution in [1.29, 1.82) is 0 Å². The third kappa shape index (κ3) is 5.23. The van der Waals surface area contributed by atoms with Gasteiger partial charge in [-0.15, -0.1) is 0 Å². The smallest absolute Gasteiger partial charge is 0.352 e. The molecule has 0 aromatic carbocycles. The zero-order valence-electron chi connectivity index (χ0n) is 29.2. The van der Waals surface area contributed by atoms with Crippen LogP contribution in [0.5, 0.6) is 0 Å². The van der Waals surface area contributed by atoms with Gasteiger partial charge >= 0.3 is 29.8 Å². The Kier molecular flexibility index (Phi) is 9.01. The van der Waals surface area contributed by atoms with Gasteiger partial charge in [0.1, 0.15) is 12.2 Å². The molecule has 3 aliphatic carbocycles. The predicted molar refractivity (Wildman–Crippen MR) is 168 cm³/mol. The highest BCUT2D eigenvalue weighted by Crippen LogP contribution is 2.69. The average molecular weight is 685 g/mol. The van der Waals surface area contributed by atoms with Gasteiger partial charge in [-0.1, -0.05) is 33.8 Å². The Labute approximate surface area is 284 Å². The highest BCUT2D eigenvalue weighted by atomic mass is 16.6. The minimum absolute atomic E-state index is 0.180. The van der Waals surface area contributed by atoms with Crippen molar-refractivity contribution >= 4 is 35.6 Å². The van der Waals surface area contributed by atoms with Crippen LogP contribution in [-0.4, -0.2) is 71.8 Å². The van der Waals surface area contributed by atoms with Gasteiger partial charge in [-0.25, -0.2) is 9.59 Å². The van der Waals surface area contributed by atoms with E-state index in [-0.39, 0.29) is 36.0 Å². The van der Waals surface area contributed by atoms with E-state index < -0.39 is 93.7 Å². The van der Waals surface area contributed by atoms with Gasteiger partial charge in [-0.2, -0.15) is 0 Å². The predicted octanol–water partition coefficient (Wildman–Crippen LogP) is 3.87. The van der Waals surface area contributed by atoms with E-state index in [1.165, 1.54) is 32.6 Å². The standard InChI is InChI=1S/C36H44O13/c1-10-17(2)29(40)49-32-33(5,6)22(15-23(39)44-9)35(8)21-11-13-34(7)25(24(21)28(47-19(4)38)36(32,43)31(35)42)26(46-18(3)37)30(41)48-27(34)20-12-14-45-16-20/h10,12,14,16,21-22,26-28,32,43H,11,13,15H2,1-9H3/t21-,22-,26+,27-,28-,32-,34+,35+,36-/m0/s1. The van der Waals surface area contributed by atoms with E-state index in [0.29, 0.717) is 5.56 Å². The molecule has 1 N–H and O–H groups in total. The maximum absolute atomic E-state index is 15.1. The molecule has 266 valence electrons. The molecule has 13 heteroatoms. The highest BCUT2D eigenvalue weighted by Gasteiger charge is 2.78. The molecule has 0 unspecified atom stereocenters. The van der Waals surface area contributed by atoms with Crippen molar-refractivity contribution in [3.8, 4) is 0 Å². The Hall–Kier alpha value is -4.26. The second-order valence-corrected chi connectivity index (χ2v) is 14.6. The lowest BCUT2D eigenvalue weighted by Crippen LogP contribution is -2.80. The van der Waals surface area contributed by atoms with Gasteiger partial charge in [0.2, 0.25) is 11.7 Å². The fourth-order valence-corrected chi connectivity index (χ4v) is 9.21. The first-order valence-electron chi connectivity index (χ1n) is 16.3. The fourth-order valence-electron chi connectivity index (χ4n) is 9.21. The number of methoxy groups -OCH3 is 1. The minimum Gasteiger partial charge on any atom is -0.472 e. The molecule has 49 heavy (non-hydrogen) atoms. The number of Topliss-reactive ketones (excluding diaryl/α,β-unsaturated/α-hetero) is 1. The number of esters is 5. The Bertz CT molecular complexity index is 1650. The van der Waals surface area contributed by atoms with Crippen molar-refractivity contribution in [2.45, 2.75) is 105 Å². The van der Waals surface area contributed by atoms with Crippen LogP contribution in [0, 0.1) is 28.1 Å². The van der Waals surface area contributed by atoms with E-state index in [1.807, 2.05) is 0 Å². The van der Waals surface area contributed by atoms with E-state index in [0.717, 1.165) is 13.8 Å². The number of aliphatic hydroxyl groups is 1. The number of allylic oxidation sites excluding steroid dienone is 1. The summed E-state index contributed by atoms with van der Waals surface area (Å²) in [5, 5.41) is 13.0. The monoisotopic (exact) mass is 684 g/mol. The quantitative estimate of drug-likeness (QED) is 0.189. The number of ketones is 1. The molecule has 5 rings (SSSR count). The average Bonchev–Trinajstić information content (AvgIpc) is 3.57. The number of furan rings is 1. The second-order valence-electron chi connectivity index (χ2n) is 14.6. The van der Waals surface area contributed by atoms with E-state index >= 15 is 4.79 Å². The van der Waals surface area contributed by atoms with Gasteiger partial charge in [-0.05, 0) is 55.7 Å². The number of hydrogen-bond donors (Lipinski definition) is 1. The van der Waals surface area contributed by atoms with Gasteiger partial charge in [0, 0.05) is 47.6 Å². The summed E-state index contributed by atoms with van der Waals surface area (Å²) in [5.74, 6) is -6.60. The third-order valence-electron chi connectivity index (χ3n) is 11.5. The van der Waals surface area contributed by atoms with Crippen molar-refractivity contribution in [1.82, 2.24) is 0 Å². The molecule has 4 aliphatic rings. The maximum atomic E-state index is 15.1. The lowest BCUT2D eigenvalue weighted by atomic mass is 9.38. The van der Waals surface area contributed by atoms with Crippen LogP contribution >= 0.6 is 0 Å². The van der Waals surface area contributed by atoms with E-state index in [4.69, 9.17) is 28.1 Å². The topological polar surface area (TPSA) is 182 Å². The first kappa shape index (κ1) is 36.0. The summed E-state index contributed by atoms with van der Waals surface area (Å²) >= 11 is 0. The van der Waals surface area contributed by atoms with Crippen LogP contribution in [0.15, 0.2) is 45.8 Å². The molecule has 0 spiro atoms. The van der Waals surface area contributed by atoms with Gasteiger partial charge in [-0.3, -0.25) is 19.2 Å². The van der Waals surface area contributed by atoms with Crippen LogP contribution in [0.2, 0.25) is 0 Å². The zero-order valence-corrected chi connectivity index (χ0v) is 29.2. The lowest BCUT2D eigenvalue weighted by molar-refractivity contribution is -0.257. The molecule has 13 nitrogen and oxygen atoms in total. The molecule has 0 amide bonds. The zero-order chi connectivity index (χ0) is 36.4. The van der Waals surface area contributed by atoms with Gasteiger partial charge in [0.25, 0.3) is 0 Å². The van der Waals surface area contributed by atoms with Gasteiger partial charge < -0.3 is 33.2 Å². The van der Waals surface area contributed by atoms with Crippen molar-refractivity contribution < 1.29 is 62.0 Å². The maximum Gasteiger partial charge on any atom is 0.352 e. The summed E-state index contributed by atoms with van der Waals surface area (Å²) in [4.78, 5) is 80.9. The van der Waals surface area contributed by atoms with Crippen LogP contribution in [0.4, 0.5) is 0 Å². The minimum atomic E-state index is -2.72. The number of hydrogen-bond acceptors (Lipinski definition) is 13. The number of rotatable bonds is 7. The van der Waals surface area contributed by atoms with Crippen molar-refractivity contribution in [3.05, 3.63) is 47.0 Å². The highest BCUT2D eigenvalue weighted by molar-refractivity contribution is 6.00. The summed E-state index contributed by atoms with van der Waals surface area (Å²) in [6.45, 7) is 12.2. The largest absolute Gasteiger partial charge is 0.472 e. The molecule has 1 aromatic heterocycles. The molecule has 1 aromatic rings. The van der Waals surface area contributed by atoms with Gasteiger partial charge in [0.15, 0.2) is 11.9 Å². The van der Waals surface area contributed by atoms with E-state index in [1.54, 1.807) is 40.7 Å². The number of carbonyl (C=O) groups excluding carboxylic acids is 6. The first-order valence-corrected chi connectivity index (χ1v) is 16.3. The molecule has 1 saturated heterocycles. The second kappa shape index (κ2) is 12.3. The molecule has 1 aliphatic heterocycles. The van der Waals surface area contributed by atoms with Gasteiger partial charge in [0.05, 0.1) is 19.6 Å². The van der Waals surface area contributed by atoms with Crippen molar-refractivity contribution in [2.24, 2.45) is 28.1 Å². The summed E-state index contributed by atoms with van der Waals surface area (Å²) < 4.78 is 33.9. The number of cyclic esters (lactones) is 1. The normalized spacial score (nSPS) is 36.5. The molecule has 3 fully saturated rings. The Balaban J connectivity index is 1.91. The Morgan fingerprint density at radius 1 is 1.02 bits per heavy atom. The van der Waals surface area contributed by atoms with Crippen LogP contribution in [-0.2, 0) is 52.5 Å². The summed E-state index contributed by atoms with van der Waals surface area (Å²) in [6, 6.07) is 1.63. The molecule has 0 radical (unpaired) electrons. The molecule has 2 saturated carbocycles. The SMILES string of the molecule is CC=C(C)C(=O)O[C@H]1C(C)(C)[C@H](CC(=O)OC)[C@]2(C)C(=O)[C@@]1(O)[C@@H](OC(C)=O)C1=C3[C@@H](OC(C)=O)C(=O)O[C@@H](c4ccoc4)[C@]3(C)CC[C@@H]12. The molecule has 2 heterocycles. The number of ether oxygens (including phenoxy) is 5. The molecule has 2 bridgehead atoms. The third-order valence-corrected chi connectivity index (χ3v) is 11.5. The summed E-state index contributed by atoms with van der Waals surface area (Å²) in [5.41, 5.74) is -5.65. The van der Waals surface area contributed by atoms with Crippen LogP contribution in [0.1, 0.15) is 86.3 Å². The van der Waals surface area contributed by atoms with Crippen molar-refractivity contribution in [3.63, 3.8) is 0 Å². The molecule has 9 atom stereocenters. The molecular formula is C36H44O13. The van der Waals surface area contributed by atoms with Crippen LogP contribution in [0.25, 0.3) is 0 Å².